The summed E-state index contributed by atoms with van der Waals surface area (Å²) in [5.74, 6) is 0.300. The molecule has 0 aliphatic heterocycles. The van der Waals surface area contributed by atoms with Crippen LogP contribution in [0.15, 0.2) is 19.0 Å². The van der Waals surface area contributed by atoms with Gasteiger partial charge in [0.25, 0.3) is 10.1 Å². The van der Waals surface area contributed by atoms with Crippen molar-refractivity contribution in [2.45, 2.75) is 25.0 Å². The largest absolute Gasteiger partial charge is 0.394 e. The molecule has 1 atom stereocenters. The topological polar surface area (TPSA) is 147 Å². The van der Waals surface area contributed by atoms with E-state index in [0.29, 0.717) is 18.7 Å². The fourth-order valence-electron chi connectivity index (χ4n) is 1.40. The molecule has 0 saturated heterocycles. The Bertz CT molecular complexity index is 625. The molecule has 1 aromatic rings. The first-order chi connectivity index (χ1) is 9.00. The summed E-state index contributed by atoms with van der Waals surface area (Å²) in [6.45, 7) is 5.38. The minimum atomic E-state index is -4.67. The molecule has 11 heteroatoms. The Labute approximate surface area is 117 Å². The Hall–Kier alpha value is -1.27. The van der Waals surface area contributed by atoms with E-state index >= 15 is 0 Å². The van der Waals surface area contributed by atoms with Crippen LogP contribution in [-0.4, -0.2) is 40.0 Å². The predicted molar refractivity (Wildman–Crippen MR) is 72.0 cm³/mol. The summed E-state index contributed by atoms with van der Waals surface area (Å²) >= 11 is 0. The number of imidazole rings is 1. The highest BCUT2D eigenvalue weighted by Crippen LogP contribution is 2.25. The molecule has 1 aromatic heterocycles. The normalized spacial score (nSPS) is 13.2. The van der Waals surface area contributed by atoms with Gasteiger partial charge >= 0.3 is 10.4 Å². The SMILES string of the molecule is C=Cn1ccnc1C(CCC)S(=O)(=O)O.O=S(=O)(O)O. The molecule has 0 aromatic carbocycles. The Kier molecular flexibility index (Phi) is 7.02. The summed E-state index contributed by atoms with van der Waals surface area (Å²) in [7, 11) is -8.78. The van der Waals surface area contributed by atoms with Crippen molar-refractivity contribution in [3.05, 3.63) is 24.8 Å². The molecule has 1 heterocycles. The van der Waals surface area contributed by atoms with Crippen LogP contribution in [0.5, 0.6) is 0 Å². The summed E-state index contributed by atoms with van der Waals surface area (Å²) in [6.07, 6.45) is 5.51. The van der Waals surface area contributed by atoms with Gasteiger partial charge in [-0.3, -0.25) is 13.7 Å². The number of rotatable bonds is 5. The molecule has 3 N–H and O–H groups in total. The fraction of sp³-hybridized carbons (Fsp3) is 0.444. The Morgan fingerprint density at radius 1 is 1.35 bits per heavy atom. The van der Waals surface area contributed by atoms with Gasteiger partial charge in [0.05, 0.1) is 0 Å². The number of aromatic nitrogens is 2. The molecule has 116 valence electrons. The molecule has 20 heavy (non-hydrogen) atoms. The van der Waals surface area contributed by atoms with Gasteiger partial charge in [-0.1, -0.05) is 19.9 Å². The van der Waals surface area contributed by atoms with Gasteiger partial charge in [0.15, 0.2) is 0 Å². The van der Waals surface area contributed by atoms with E-state index in [2.05, 4.69) is 11.6 Å². The second kappa shape index (κ2) is 7.50. The van der Waals surface area contributed by atoms with Crippen molar-refractivity contribution in [2.75, 3.05) is 0 Å². The van der Waals surface area contributed by atoms with Crippen LogP contribution in [0.25, 0.3) is 6.20 Å². The maximum Gasteiger partial charge on any atom is 0.394 e. The molecule has 9 nitrogen and oxygen atoms in total. The number of hydrogen-bond acceptors (Lipinski definition) is 5. The van der Waals surface area contributed by atoms with Crippen molar-refractivity contribution < 1.29 is 30.5 Å². The van der Waals surface area contributed by atoms with E-state index in [-0.39, 0.29) is 0 Å². The predicted octanol–water partition coefficient (Wildman–Crippen LogP) is 1.06. The second-order valence-electron chi connectivity index (χ2n) is 3.62. The maximum atomic E-state index is 11.2. The molecule has 0 fully saturated rings. The van der Waals surface area contributed by atoms with E-state index in [0.717, 1.165) is 0 Å². The highest BCUT2D eigenvalue weighted by Gasteiger charge is 2.27. The molecule has 0 saturated carbocycles. The van der Waals surface area contributed by atoms with Gasteiger partial charge in [0.1, 0.15) is 11.1 Å². The van der Waals surface area contributed by atoms with Crippen molar-refractivity contribution in [2.24, 2.45) is 0 Å². The zero-order chi connectivity index (χ0) is 16.0. The van der Waals surface area contributed by atoms with Crippen molar-refractivity contribution in [3.63, 3.8) is 0 Å². The van der Waals surface area contributed by atoms with Gasteiger partial charge in [0.2, 0.25) is 0 Å². The van der Waals surface area contributed by atoms with Crippen LogP contribution >= 0.6 is 0 Å². The first-order valence-corrected chi connectivity index (χ1v) is 8.22. The Morgan fingerprint density at radius 2 is 1.85 bits per heavy atom. The standard InChI is InChI=1S/C9H14N2O3S.H2O4S/c1-3-5-8(15(12,13)14)9-10-6-7-11(9)4-2;1-5(2,3)4/h4,6-8H,2-3,5H2,1H3,(H,12,13,14);(H2,1,2,3,4). The highest BCUT2D eigenvalue weighted by molar-refractivity contribution is 7.86. The van der Waals surface area contributed by atoms with E-state index in [1.807, 2.05) is 6.92 Å². The lowest BCUT2D eigenvalue weighted by Gasteiger charge is -2.12. The van der Waals surface area contributed by atoms with Crippen LogP contribution in [0.3, 0.4) is 0 Å². The van der Waals surface area contributed by atoms with E-state index in [1.165, 1.54) is 17.0 Å². The fourth-order valence-corrected chi connectivity index (χ4v) is 2.38. The van der Waals surface area contributed by atoms with Gasteiger partial charge in [0, 0.05) is 18.6 Å². The van der Waals surface area contributed by atoms with Crippen molar-refractivity contribution in [3.8, 4) is 0 Å². The van der Waals surface area contributed by atoms with Crippen LogP contribution in [-0.2, 0) is 20.5 Å². The number of hydrogen-bond donors (Lipinski definition) is 3. The zero-order valence-electron chi connectivity index (χ0n) is 10.6. The summed E-state index contributed by atoms with van der Waals surface area (Å²) in [5.41, 5.74) is 0. The van der Waals surface area contributed by atoms with Crippen LogP contribution in [0.2, 0.25) is 0 Å². The molecule has 0 aliphatic rings. The van der Waals surface area contributed by atoms with E-state index in [9.17, 15) is 8.42 Å². The lowest BCUT2D eigenvalue weighted by Crippen LogP contribution is -2.15. The summed E-state index contributed by atoms with van der Waals surface area (Å²) < 4.78 is 64.5. The van der Waals surface area contributed by atoms with E-state index < -0.39 is 25.8 Å². The smallest absolute Gasteiger partial charge is 0.310 e. The van der Waals surface area contributed by atoms with Crippen molar-refractivity contribution in [1.82, 2.24) is 9.55 Å². The lowest BCUT2D eigenvalue weighted by molar-refractivity contribution is 0.381. The van der Waals surface area contributed by atoms with Gasteiger partial charge in [-0.25, -0.2) is 4.98 Å². The Morgan fingerprint density at radius 3 is 2.20 bits per heavy atom. The van der Waals surface area contributed by atoms with Crippen molar-refractivity contribution in [1.29, 1.82) is 0 Å². The number of nitrogens with zero attached hydrogens (tertiary/aromatic N) is 2. The van der Waals surface area contributed by atoms with Gasteiger partial charge in [-0.15, -0.1) is 0 Å². The third kappa shape index (κ3) is 7.35. The molecule has 0 amide bonds. The zero-order valence-corrected chi connectivity index (χ0v) is 12.2. The third-order valence-electron chi connectivity index (χ3n) is 2.09. The monoisotopic (exact) mass is 328 g/mol. The summed E-state index contributed by atoms with van der Waals surface area (Å²) in [4.78, 5) is 3.92. The third-order valence-corrected chi connectivity index (χ3v) is 3.26. The highest BCUT2D eigenvalue weighted by atomic mass is 32.3. The molecular weight excluding hydrogens is 312 g/mol. The van der Waals surface area contributed by atoms with Crippen LogP contribution in [0.4, 0.5) is 0 Å². The molecular formula is C9H16N2O7S2. The average Bonchev–Trinajstić information content (AvgIpc) is 2.69. The van der Waals surface area contributed by atoms with Gasteiger partial charge in [-0.05, 0) is 6.42 Å². The molecule has 0 spiro atoms. The second-order valence-corrected chi connectivity index (χ2v) is 6.11. The molecule has 0 aliphatic carbocycles. The van der Waals surface area contributed by atoms with Crippen LogP contribution < -0.4 is 0 Å². The summed E-state index contributed by atoms with van der Waals surface area (Å²) in [5, 5.41) is -0.976. The van der Waals surface area contributed by atoms with Crippen LogP contribution in [0.1, 0.15) is 30.8 Å². The lowest BCUT2D eigenvalue weighted by atomic mass is 10.2. The van der Waals surface area contributed by atoms with Crippen molar-refractivity contribution >= 4 is 26.7 Å². The van der Waals surface area contributed by atoms with E-state index in [1.54, 1.807) is 6.20 Å². The maximum absolute atomic E-state index is 11.2. The first-order valence-electron chi connectivity index (χ1n) is 5.32. The molecule has 1 unspecified atom stereocenters. The summed E-state index contributed by atoms with van der Waals surface area (Å²) in [6, 6.07) is 0. The van der Waals surface area contributed by atoms with Crippen LogP contribution in [0, 0.1) is 0 Å². The Balaban J connectivity index is 0.000000621. The minimum Gasteiger partial charge on any atom is -0.310 e. The molecule has 0 radical (unpaired) electrons. The van der Waals surface area contributed by atoms with Gasteiger partial charge < -0.3 is 4.57 Å². The average molecular weight is 328 g/mol. The molecule has 1 rings (SSSR count). The quantitative estimate of drug-likeness (QED) is 0.680. The molecule has 0 bridgehead atoms. The van der Waals surface area contributed by atoms with Gasteiger partial charge in [-0.2, -0.15) is 16.8 Å². The first kappa shape index (κ1) is 18.7. The van der Waals surface area contributed by atoms with E-state index in [4.69, 9.17) is 22.1 Å². The minimum absolute atomic E-state index is 0.300.